The summed E-state index contributed by atoms with van der Waals surface area (Å²) in [5.41, 5.74) is -2.23. The van der Waals surface area contributed by atoms with E-state index in [2.05, 4.69) is 16.0 Å². The van der Waals surface area contributed by atoms with E-state index in [-0.39, 0.29) is 115 Å². The first kappa shape index (κ1) is 89.0. The second-order valence-electron chi connectivity index (χ2n) is 23.7. The highest BCUT2D eigenvalue weighted by Gasteiger charge is 2.42. The first-order valence-corrected chi connectivity index (χ1v) is 39.5. The Labute approximate surface area is 577 Å². The molecule has 1 aromatic heterocycles. The maximum absolute atomic E-state index is 14.2. The fourth-order valence-corrected chi connectivity index (χ4v) is 16.5. The van der Waals surface area contributed by atoms with Crippen LogP contribution < -0.4 is 33.0 Å². The van der Waals surface area contributed by atoms with Crippen molar-refractivity contribution in [3.63, 3.8) is 0 Å². The van der Waals surface area contributed by atoms with Gasteiger partial charge in [-0.15, -0.1) is 0 Å². The van der Waals surface area contributed by atoms with Crippen molar-refractivity contribution in [2.75, 3.05) is 92.1 Å². The summed E-state index contributed by atoms with van der Waals surface area (Å²) in [7, 11) is -6.15. The van der Waals surface area contributed by atoms with E-state index in [1.165, 1.54) is 42.4 Å². The minimum absolute atomic E-state index is 0.00717. The van der Waals surface area contributed by atoms with Crippen LogP contribution in [0.25, 0.3) is 0 Å². The van der Waals surface area contributed by atoms with Crippen LogP contribution in [0.1, 0.15) is 212 Å². The van der Waals surface area contributed by atoms with Gasteiger partial charge in [-0.3, -0.25) is 24.0 Å². The van der Waals surface area contributed by atoms with E-state index in [0.717, 1.165) is 20.1 Å². The first-order valence-electron chi connectivity index (χ1n) is 35.6. The van der Waals surface area contributed by atoms with Gasteiger partial charge in [0.1, 0.15) is 17.6 Å². The molecule has 0 fully saturated rings. The van der Waals surface area contributed by atoms with E-state index in [1.54, 1.807) is 13.8 Å². The van der Waals surface area contributed by atoms with E-state index in [9.17, 15) is 57.5 Å². The van der Waals surface area contributed by atoms with Gasteiger partial charge in [0.05, 0.1) is 31.7 Å². The zero-order chi connectivity index (χ0) is 72.8. The molecule has 0 spiro atoms. The molecule has 0 aliphatic carbocycles. The number of hydrogen-bond donors (Lipinski definition) is 3. The summed E-state index contributed by atoms with van der Waals surface area (Å²) in [6.45, 7) is 25.4. The molecule has 0 saturated heterocycles. The van der Waals surface area contributed by atoms with Crippen LogP contribution in [0.3, 0.4) is 0 Å². The van der Waals surface area contributed by atoms with Gasteiger partial charge in [0.15, 0.2) is 11.6 Å². The van der Waals surface area contributed by atoms with Gasteiger partial charge in [-0.1, -0.05) is 51.9 Å². The van der Waals surface area contributed by atoms with E-state index < -0.39 is 82.8 Å². The molecule has 0 aliphatic rings. The third-order valence-corrected chi connectivity index (χ3v) is 22.2. The van der Waals surface area contributed by atoms with Crippen LogP contribution >= 0.6 is 0 Å². The van der Waals surface area contributed by atoms with Crippen LogP contribution in [-0.4, -0.2) is 209 Å². The van der Waals surface area contributed by atoms with E-state index in [4.69, 9.17) is 36.0 Å². The number of Topliss-reactive ketones (excluding diaryl/α,β-unsaturated/α-hetero) is 4. The Balaban J connectivity index is 3.34. The number of amides is 6. The van der Waals surface area contributed by atoms with Crippen molar-refractivity contribution in [1.82, 2.24) is 44.4 Å². The van der Waals surface area contributed by atoms with Crippen LogP contribution in [0.2, 0.25) is 12.1 Å². The van der Waals surface area contributed by atoms with Crippen molar-refractivity contribution in [3.8, 4) is 0 Å². The van der Waals surface area contributed by atoms with E-state index in [0.29, 0.717) is 148 Å². The van der Waals surface area contributed by atoms with Crippen LogP contribution in [0.15, 0.2) is 14.4 Å². The Hall–Kier alpha value is -5.97. The summed E-state index contributed by atoms with van der Waals surface area (Å²) in [6.07, 6.45) is 7.52. The second-order valence-corrected chi connectivity index (χ2v) is 29.2. The monoisotopic (exact) mass is 1420 g/mol. The van der Waals surface area contributed by atoms with Crippen LogP contribution in [-0.2, 0) is 84.4 Å². The summed E-state index contributed by atoms with van der Waals surface area (Å²) in [5, 5.41) is 8.67. The highest BCUT2D eigenvalue weighted by atomic mass is 28.4. The second kappa shape index (κ2) is 51.2. The molecule has 0 aromatic carbocycles. The molecule has 1 rings (SSSR count). The molecule has 0 bridgehead atoms. The fraction of sp³-hybridized carbons (Fsp3) is 0.818. The first-order chi connectivity index (χ1) is 46.4. The molecule has 3 unspecified atom stereocenters. The number of nitrogens with one attached hydrogen (secondary N) is 3. The van der Waals surface area contributed by atoms with Crippen molar-refractivity contribution in [2.45, 2.75) is 262 Å². The third-order valence-electron chi connectivity index (χ3n) is 15.9. The molecule has 29 nitrogen and oxygen atoms in total. The molecule has 3 atom stereocenters. The van der Waals surface area contributed by atoms with Crippen molar-refractivity contribution in [1.29, 1.82) is 0 Å². The highest BCUT2D eigenvalue weighted by molar-refractivity contribution is 6.61. The van der Waals surface area contributed by atoms with Crippen molar-refractivity contribution in [3.05, 3.63) is 31.5 Å². The average Bonchev–Trinajstić information content (AvgIpc) is 0.791. The van der Waals surface area contributed by atoms with Crippen molar-refractivity contribution >= 4 is 70.8 Å². The number of ether oxygens (including phenoxy) is 2. The summed E-state index contributed by atoms with van der Waals surface area (Å²) >= 11 is 0. The van der Waals surface area contributed by atoms with Crippen molar-refractivity contribution < 1.29 is 79.2 Å². The topological polar surface area (TPSA) is 339 Å². The molecule has 31 heteroatoms. The summed E-state index contributed by atoms with van der Waals surface area (Å²) in [6, 6.07) is -3.90. The van der Waals surface area contributed by atoms with Gasteiger partial charge in [-0.05, 0) is 141 Å². The average molecular weight is 1420 g/mol. The maximum atomic E-state index is 14.2. The number of esters is 2. The number of urea groups is 3. The van der Waals surface area contributed by atoms with Gasteiger partial charge < -0.3 is 66.7 Å². The molecule has 97 heavy (non-hydrogen) atoms. The third kappa shape index (κ3) is 33.6. The normalized spacial score (nSPS) is 12.5. The number of nitrogens with zero attached hydrogens (tertiary/aromatic N) is 6. The fourth-order valence-electron chi connectivity index (χ4n) is 11.3. The maximum Gasteiger partial charge on any atom is 0.500 e. The Kier molecular flexibility index (Phi) is 47.0. The Morgan fingerprint density at radius 2 is 0.670 bits per heavy atom. The largest absolute Gasteiger partial charge is 0.500 e. The number of ketones is 4. The standard InChI is InChI=1S/C66H121N9O20Si2/c1-14-23-41-72(58(60(81)89-16-3)51-59(80)88-15-2)63(84)69-40-32-26-29-35-44-75-65(86)73(42-33-27-24-30-38-67-61(82)70(56(54(12)78)49-52(10)76)45-36-47-96(90-17-4,91-18-5)92-19-6)64(85)74(66(75)87)43-34-28-25-31-39-68-62(83)71(57(55(13)79)50-53(11)77)46-37-48-97(93-20-7,94-21-8)95-22-9/h56-58H,14-51H2,1-13H3,(H,67,82)(H,68,83)(H,69,84). The van der Waals surface area contributed by atoms with Gasteiger partial charge in [0, 0.05) is 123 Å². The highest BCUT2D eigenvalue weighted by Crippen LogP contribution is 2.22. The number of carbonyl (C=O) groups excluding carboxylic acids is 9. The predicted molar refractivity (Wildman–Crippen MR) is 371 cm³/mol. The van der Waals surface area contributed by atoms with Gasteiger partial charge >= 0.3 is 64.7 Å². The number of rotatable bonds is 58. The van der Waals surface area contributed by atoms with Crippen molar-refractivity contribution in [2.24, 2.45) is 0 Å². The molecule has 0 radical (unpaired) electrons. The van der Waals surface area contributed by atoms with E-state index in [1.807, 2.05) is 48.5 Å². The summed E-state index contributed by atoms with van der Waals surface area (Å²) in [5.74, 6) is -2.49. The molecule has 0 aliphatic heterocycles. The molecular weight excluding hydrogens is 1290 g/mol. The molecule has 1 aromatic rings. The Morgan fingerprint density at radius 1 is 0.371 bits per heavy atom. The summed E-state index contributed by atoms with van der Waals surface area (Å²) < 4.78 is 49.5. The molecule has 0 saturated carbocycles. The zero-order valence-corrected chi connectivity index (χ0v) is 63.0. The Bertz CT molecular complexity index is 2540. The predicted octanol–water partition coefficient (Wildman–Crippen LogP) is 7.32. The lowest BCUT2D eigenvalue weighted by Gasteiger charge is -2.32. The lowest BCUT2D eigenvalue weighted by atomic mass is 10.1. The van der Waals surface area contributed by atoms with E-state index >= 15 is 0 Å². The number of carbonyl (C=O) groups is 9. The van der Waals surface area contributed by atoms with Gasteiger partial charge in [0.2, 0.25) is 0 Å². The summed E-state index contributed by atoms with van der Waals surface area (Å²) in [4.78, 5) is 164. The van der Waals surface area contributed by atoms with Gasteiger partial charge in [-0.2, -0.15) is 0 Å². The van der Waals surface area contributed by atoms with Gasteiger partial charge in [-0.25, -0.2) is 47.3 Å². The van der Waals surface area contributed by atoms with Crippen LogP contribution in [0, 0.1) is 0 Å². The van der Waals surface area contributed by atoms with Crippen LogP contribution in [0.4, 0.5) is 14.4 Å². The minimum atomic E-state index is -3.08. The number of aromatic nitrogens is 3. The number of hydrogen-bond acceptors (Lipinski definition) is 20. The molecular formula is C66H121N9O20Si2. The lowest BCUT2D eigenvalue weighted by molar-refractivity contribution is -0.155. The Morgan fingerprint density at radius 3 is 0.948 bits per heavy atom. The quantitative estimate of drug-likeness (QED) is 0.0326. The molecule has 3 N–H and O–H groups in total. The minimum Gasteiger partial charge on any atom is -0.466 e. The SMILES string of the molecule is CCCCN(C(=O)NCCCCCCn1c(=O)n(CCCCCCNC(=O)N(CCC[Si](OCC)(OCC)OCC)C(CC(C)=O)C(C)=O)c(=O)n(CCCCCCNC(=O)N(CCC[Si](OCC)(OCC)OCC)C(CC(C)=O)C(C)=O)c1=O)C(CC(=O)OCC)C(=O)OCC. The molecule has 558 valence electrons. The lowest BCUT2D eigenvalue weighted by Crippen LogP contribution is -2.54. The number of unbranched alkanes of at least 4 members (excludes halogenated alkanes) is 10. The smallest absolute Gasteiger partial charge is 0.466 e. The molecule has 6 amide bonds. The zero-order valence-electron chi connectivity index (χ0n) is 61.0. The molecule has 1 heterocycles. The van der Waals surface area contributed by atoms with Gasteiger partial charge in [0.25, 0.3) is 0 Å². The van der Waals surface area contributed by atoms with Crippen LogP contribution in [0.5, 0.6) is 0 Å².